The third kappa shape index (κ3) is 90.6. The van der Waals surface area contributed by atoms with Crippen LogP contribution in [0.2, 0.25) is 0 Å². The van der Waals surface area contributed by atoms with Crippen molar-refractivity contribution >= 4 is 70.5 Å². The lowest BCUT2D eigenvalue weighted by atomic mass is 9.90. The smallest absolute Gasteiger partial charge is 0.223 e. The van der Waals surface area contributed by atoms with E-state index in [0.717, 1.165) is 186 Å². The zero-order valence-electron chi connectivity index (χ0n) is 87.4. The van der Waals surface area contributed by atoms with Crippen LogP contribution in [-0.2, 0) is 57.5 Å². The average Bonchev–Trinajstić information content (AvgIpc) is 0.890. The molecule has 0 saturated carbocycles. The maximum absolute atomic E-state index is 13.7. The summed E-state index contributed by atoms with van der Waals surface area (Å²) in [6.45, 7) is 54.5. The molecule has 0 bridgehead atoms. The number of amides is 9. The minimum absolute atomic E-state index is 0. The molecule has 6 unspecified atom stereocenters. The summed E-state index contributed by atoms with van der Waals surface area (Å²) in [7, 11) is 0. The molecule has 0 fully saturated rings. The molecule has 0 aliphatic carbocycles. The Bertz CT molecular complexity index is 2900. The Balaban J connectivity index is -0.000000450. The minimum atomic E-state index is -0.659. The van der Waals surface area contributed by atoms with E-state index in [0.29, 0.717) is 164 Å². The van der Waals surface area contributed by atoms with Crippen molar-refractivity contribution < 1.29 is 57.5 Å². The van der Waals surface area contributed by atoms with Gasteiger partial charge in [0, 0.05) is 138 Å². The molecule has 0 rings (SSSR count). The number of ketones is 3. The van der Waals surface area contributed by atoms with Gasteiger partial charge in [-0.2, -0.15) is 0 Å². The molecule has 0 spiro atoms. The third-order valence-corrected chi connectivity index (χ3v) is 22.8. The molecule has 0 saturated heterocycles. The molecule has 24 nitrogen and oxygen atoms in total. The SMILES string of the molecule is C.C.C.CC(C)CCCCC(=O)NCCCCC(CC(=O)C(CCCCNC(=O)CCCCC(C)C)NC(=O)CCCCC(C)C)C(=O)NC(C)C.CC(C)CCCCC(=O)NCCCCC(NC(=O)CCCCC(C)C)C(=O)CC(CCCCNC(C)C)C(=O)NC(C)C.CC(C)CCCCC(=O)NCCCCC(NC(C)C)C(=O)CC(CCCCNC(C)C)C(=O)NC(C)C. The normalized spacial score (nSPS) is 12.7. The van der Waals surface area contributed by atoms with Gasteiger partial charge in [-0.3, -0.25) is 57.5 Å². The summed E-state index contributed by atoms with van der Waals surface area (Å²) in [6, 6.07) is -0.468. The first-order valence-corrected chi connectivity index (χ1v) is 52.3. The Kier molecular flexibility index (Phi) is 92.3. The highest BCUT2D eigenvalue weighted by Crippen LogP contribution is 2.23. The van der Waals surface area contributed by atoms with E-state index in [1.807, 2.05) is 55.4 Å². The Labute approximate surface area is 811 Å². The van der Waals surface area contributed by atoms with E-state index in [4.69, 9.17) is 0 Å². The molecule has 0 aromatic rings. The molecule has 24 heteroatoms. The van der Waals surface area contributed by atoms with Gasteiger partial charge in [0.05, 0.1) is 18.1 Å². The molecule has 0 aliphatic heterocycles. The number of carbonyl (C=O) groups is 12. The van der Waals surface area contributed by atoms with E-state index in [2.05, 4.69) is 175 Å². The fourth-order valence-corrected chi connectivity index (χ4v) is 15.3. The average molecular weight is 1870 g/mol. The van der Waals surface area contributed by atoms with Gasteiger partial charge in [0.25, 0.3) is 0 Å². The van der Waals surface area contributed by atoms with Crippen molar-refractivity contribution in [3.05, 3.63) is 0 Å². The second kappa shape index (κ2) is 89.1. The van der Waals surface area contributed by atoms with Gasteiger partial charge in [-0.15, -0.1) is 0 Å². The molecule has 0 aromatic carbocycles. The molecule has 0 aliphatic rings. The largest absolute Gasteiger partial charge is 0.356 e. The second-order valence-electron chi connectivity index (χ2n) is 41.6. The van der Waals surface area contributed by atoms with Crippen molar-refractivity contribution in [3.63, 3.8) is 0 Å². The van der Waals surface area contributed by atoms with E-state index >= 15 is 0 Å². The molecule has 780 valence electrons. The standard InChI is InChI=1S/C40H76N4O5.C35H68N4O4.C30H60N4O3.3CH4/c1-30(2)19-9-12-24-37(46)41-27-17-15-22-34(40(49)43-33(7)8)29-36(45)35(44-39(48)26-14-11-21-32(5)6)23-16-18-28-42-38(47)25-13-10-20-31(3)4;1-26(2)17-9-11-21-33(41)37-24-16-14-20-31(39-34(42)22-12-10-18-27(3)4)32(40)25-30(35(43)38-29(7)8)19-13-15-23-36-28(5)6;1-22(2)15-9-10-18-29(36)32-20-14-12-17-27(33-24(5)6)28(35)21-26(30(37)34-25(7)8)16-11-13-19-31-23(3)4;;;/h30-35H,9-29H2,1-8H3,(H,41,46)(H,42,47)(H,43,49)(H,44,48);26-31,36H,9-25H2,1-8H3,(H,37,41)(H,38,43)(H,39,42);22-27,31,33H,9-21H2,1-8H3,(H,32,36)(H,34,37);3*1H4. The lowest BCUT2D eigenvalue weighted by molar-refractivity contribution is -0.132. The van der Waals surface area contributed by atoms with E-state index in [1.165, 1.54) is 6.42 Å². The van der Waals surface area contributed by atoms with Crippen LogP contribution < -0.4 is 63.8 Å². The monoisotopic (exact) mass is 1870 g/mol. The van der Waals surface area contributed by atoms with Gasteiger partial charge in [-0.25, -0.2) is 0 Å². The summed E-state index contributed by atoms with van der Waals surface area (Å²) < 4.78 is 0. The highest BCUT2D eigenvalue weighted by Gasteiger charge is 2.32. The van der Waals surface area contributed by atoms with Crippen LogP contribution >= 0.6 is 0 Å². The molecule has 0 aromatic heterocycles. The van der Waals surface area contributed by atoms with Gasteiger partial charge < -0.3 is 63.8 Å². The Morgan fingerprint density at radius 3 is 0.598 bits per heavy atom. The number of nitrogens with one attached hydrogen (secondary N) is 12. The Hall–Kier alpha value is -5.88. The van der Waals surface area contributed by atoms with Crippen molar-refractivity contribution in [2.45, 2.75) is 532 Å². The summed E-state index contributed by atoms with van der Waals surface area (Å²) in [5.41, 5.74) is 0. The fraction of sp³-hybridized carbons (Fsp3) is 0.889. The van der Waals surface area contributed by atoms with Crippen LogP contribution in [0.15, 0.2) is 0 Å². The highest BCUT2D eigenvalue weighted by molar-refractivity contribution is 5.94. The second-order valence-corrected chi connectivity index (χ2v) is 41.6. The molecule has 0 heterocycles. The predicted molar refractivity (Wildman–Crippen MR) is 557 cm³/mol. The van der Waals surface area contributed by atoms with Gasteiger partial charge in [0.15, 0.2) is 17.3 Å². The van der Waals surface area contributed by atoms with E-state index in [1.54, 1.807) is 0 Å². The van der Waals surface area contributed by atoms with E-state index < -0.39 is 23.9 Å². The minimum Gasteiger partial charge on any atom is -0.356 e. The third-order valence-electron chi connectivity index (χ3n) is 22.8. The summed E-state index contributed by atoms with van der Waals surface area (Å²) >= 11 is 0. The topological polar surface area (TPSA) is 349 Å². The number of Topliss-reactive ketones (excluding diaryl/α,β-unsaturated/α-hetero) is 3. The number of rotatable bonds is 81. The van der Waals surface area contributed by atoms with Gasteiger partial charge in [0.2, 0.25) is 53.2 Å². The maximum Gasteiger partial charge on any atom is 0.223 e. The summed E-state index contributed by atoms with van der Waals surface area (Å²) in [5.74, 6) is 2.41. The van der Waals surface area contributed by atoms with Crippen LogP contribution in [0.1, 0.15) is 477 Å². The zero-order chi connectivity index (χ0) is 97.9. The molecular weight excluding hydrogens is 1660 g/mol. The number of carbonyl (C=O) groups excluding carboxylic acids is 12. The summed E-state index contributed by atoms with van der Waals surface area (Å²) in [6.07, 6.45) is 34.9. The first-order chi connectivity index (χ1) is 60.9. The summed E-state index contributed by atoms with van der Waals surface area (Å²) in [5, 5.41) is 37.2. The van der Waals surface area contributed by atoms with Crippen molar-refractivity contribution in [2.75, 3.05) is 39.3 Å². The molecule has 0 radical (unpaired) electrons. The van der Waals surface area contributed by atoms with Gasteiger partial charge in [-0.05, 0) is 225 Å². The van der Waals surface area contributed by atoms with Gasteiger partial charge in [0.1, 0.15) is 0 Å². The maximum atomic E-state index is 13.7. The van der Waals surface area contributed by atoms with Crippen molar-refractivity contribution in [2.24, 2.45) is 53.3 Å². The Morgan fingerprint density at radius 1 is 0.189 bits per heavy atom. The molecule has 6 atom stereocenters. The number of unbranched alkanes of at least 4 members (excludes halogenated alkanes) is 12. The van der Waals surface area contributed by atoms with E-state index in [-0.39, 0.29) is 148 Å². The van der Waals surface area contributed by atoms with Crippen LogP contribution in [0.4, 0.5) is 0 Å². The molecule has 132 heavy (non-hydrogen) atoms. The lowest BCUT2D eigenvalue weighted by Crippen LogP contribution is -2.43. The fourth-order valence-electron chi connectivity index (χ4n) is 15.3. The quantitative estimate of drug-likeness (QED) is 0.0252. The van der Waals surface area contributed by atoms with Crippen LogP contribution in [0.25, 0.3) is 0 Å². The van der Waals surface area contributed by atoms with Crippen molar-refractivity contribution in [1.29, 1.82) is 0 Å². The van der Waals surface area contributed by atoms with Crippen molar-refractivity contribution in [1.82, 2.24) is 63.8 Å². The lowest BCUT2D eigenvalue weighted by Gasteiger charge is -2.24. The van der Waals surface area contributed by atoms with Crippen LogP contribution in [0.3, 0.4) is 0 Å². The van der Waals surface area contributed by atoms with Gasteiger partial charge in [-0.1, -0.05) is 243 Å². The zero-order valence-corrected chi connectivity index (χ0v) is 87.4. The highest BCUT2D eigenvalue weighted by atomic mass is 16.2. The molecular formula is C108H216N12O12. The van der Waals surface area contributed by atoms with Crippen LogP contribution in [0, 0.1) is 53.3 Å². The number of hydrogen-bond acceptors (Lipinski definition) is 15. The summed E-state index contributed by atoms with van der Waals surface area (Å²) in [4.78, 5) is 154. The van der Waals surface area contributed by atoms with Gasteiger partial charge >= 0.3 is 0 Å². The first kappa shape index (κ1) is 137. The number of hydrogen-bond donors (Lipinski definition) is 12. The molecule has 9 amide bonds. The predicted octanol–water partition coefficient (Wildman–Crippen LogP) is 21.3. The Morgan fingerprint density at radius 2 is 0.386 bits per heavy atom. The first-order valence-electron chi connectivity index (χ1n) is 52.3. The van der Waals surface area contributed by atoms with Crippen molar-refractivity contribution in [3.8, 4) is 0 Å². The molecule has 12 N–H and O–H groups in total. The van der Waals surface area contributed by atoms with Crippen LogP contribution in [-0.4, -0.2) is 164 Å². The van der Waals surface area contributed by atoms with Crippen LogP contribution in [0.5, 0.6) is 0 Å². The van der Waals surface area contributed by atoms with E-state index in [9.17, 15) is 57.5 Å².